The van der Waals surface area contributed by atoms with E-state index in [0.717, 1.165) is 0 Å². The summed E-state index contributed by atoms with van der Waals surface area (Å²) in [6.07, 6.45) is 0. The van der Waals surface area contributed by atoms with Crippen LogP contribution in [0.1, 0.15) is 27.7 Å². The third kappa shape index (κ3) is 2.82. The molecule has 0 saturated heterocycles. The average molecular weight is 287 g/mol. The number of esters is 1. The van der Waals surface area contributed by atoms with Gasteiger partial charge in [-0.3, -0.25) is 4.79 Å². The minimum absolute atomic E-state index is 0.0948. The van der Waals surface area contributed by atoms with Crippen LogP contribution < -0.4 is 0 Å². The van der Waals surface area contributed by atoms with Crippen molar-refractivity contribution < 1.29 is 19.4 Å². The second kappa shape index (κ2) is 5.65. The van der Waals surface area contributed by atoms with Gasteiger partial charge in [0, 0.05) is 0 Å². The molecule has 0 heterocycles. The van der Waals surface area contributed by atoms with E-state index in [1.165, 1.54) is 6.07 Å². The van der Waals surface area contributed by atoms with Crippen LogP contribution in [0.3, 0.4) is 0 Å². The molecule has 0 fully saturated rings. The van der Waals surface area contributed by atoms with Gasteiger partial charge in [-0.15, -0.1) is 0 Å². The van der Waals surface area contributed by atoms with Crippen LogP contribution in [0.4, 0.5) is 0 Å². The Morgan fingerprint density at radius 1 is 1.44 bits per heavy atom. The van der Waals surface area contributed by atoms with Crippen molar-refractivity contribution in [1.29, 1.82) is 0 Å². The number of carbonyl (C=O) groups excluding carboxylic acids is 1. The summed E-state index contributed by atoms with van der Waals surface area (Å²) in [4.78, 5) is 21.6. The molecular weight excluding hydrogens is 276 g/mol. The van der Waals surface area contributed by atoms with Crippen molar-refractivity contribution >= 4 is 27.9 Å². The van der Waals surface area contributed by atoms with Crippen LogP contribution in [0, 0.1) is 0 Å². The summed E-state index contributed by atoms with van der Waals surface area (Å²) >= 11 is 3.13. The summed E-state index contributed by atoms with van der Waals surface area (Å²) < 4.78 is 4.81. The molecule has 0 amide bonds. The number of hydrogen-bond donors (Lipinski definition) is 1. The minimum Gasteiger partial charge on any atom is -0.478 e. The maximum absolute atomic E-state index is 11.5. The maximum atomic E-state index is 11.5. The SMILES string of the molecule is CCOC(=O)C(Br)c1ccccc1C(=O)O. The normalized spacial score (nSPS) is 11.9. The molecule has 1 unspecified atom stereocenters. The number of benzene rings is 1. The Morgan fingerprint density at radius 2 is 2.06 bits per heavy atom. The molecule has 0 saturated carbocycles. The topological polar surface area (TPSA) is 63.6 Å². The molecule has 86 valence electrons. The predicted octanol–water partition coefficient (Wildman–Crippen LogP) is 2.38. The highest BCUT2D eigenvalue weighted by atomic mass is 79.9. The van der Waals surface area contributed by atoms with Crippen molar-refractivity contribution in [3.05, 3.63) is 35.4 Å². The van der Waals surface area contributed by atoms with Crippen LogP contribution >= 0.6 is 15.9 Å². The standard InChI is InChI=1S/C11H11BrO4/c1-2-16-11(15)9(12)7-5-3-4-6-8(7)10(13)14/h3-6,9H,2H2,1H3,(H,13,14). The van der Waals surface area contributed by atoms with Crippen molar-refractivity contribution in [3.8, 4) is 0 Å². The van der Waals surface area contributed by atoms with Crippen LogP contribution in [-0.4, -0.2) is 23.7 Å². The van der Waals surface area contributed by atoms with E-state index in [1.807, 2.05) is 0 Å². The lowest BCUT2D eigenvalue weighted by Gasteiger charge is -2.11. The van der Waals surface area contributed by atoms with E-state index in [4.69, 9.17) is 9.84 Å². The Bertz CT molecular complexity index is 403. The third-order valence-electron chi connectivity index (χ3n) is 1.96. The molecule has 16 heavy (non-hydrogen) atoms. The fourth-order valence-corrected chi connectivity index (χ4v) is 1.79. The first kappa shape index (κ1) is 12.7. The number of alkyl halides is 1. The van der Waals surface area contributed by atoms with Crippen molar-refractivity contribution in [3.63, 3.8) is 0 Å². The molecule has 4 nitrogen and oxygen atoms in total. The molecule has 1 rings (SSSR count). The number of hydrogen-bond acceptors (Lipinski definition) is 3. The van der Waals surface area contributed by atoms with E-state index in [2.05, 4.69) is 15.9 Å². The summed E-state index contributed by atoms with van der Waals surface area (Å²) in [5.41, 5.74) is 0.492. The highest BCUT2D eigenvalue weighted by molar-refractivity contribution is 9.09. The molecule has 1 aromatic rings. The number of carboxylic acids is 1. The van der Waals surface area contributed by atoms with E-state index in [9.17, 15) is 9.59 Å². The van der Waals surface area contributed by atoms with Gasteiger partial charge in [0.2, 0.25) is 0 Å². The predicted molar refractivity (Wildman–Crippen MR) is 61.7 cm³/mol. The third-order valence-corrected chi connectivity index (χ3v) is 2.82. The van der Waals surface area contributed by atoms with Gasteiger partial charge < -0.3 is 9.84 Å². The zero-order valence-electron chi connectivity index (χ0n) is 8.64. The monoisotopic (exact) mass is 286 g/mol. The first-order valence-electron chi connectivity index (χ1n) is 4.70. The lowest BCUT2D eigenvalue weighted by atomic mass is 10.0. The van der Waals surface area contributed by atoms with Crippen LogP contribution in [0.15, 0.2) is 24.3 Å². The largest absolute Gasteiger partial charge is 0.478 e. The number of rotatable bonds is 4. The lowest BCUT2D eigenvalue weighted by Crippen LogP contribution is -2.14. The summed E-state index contributed by atoms with van der Waals surface area (Å²) in [7, 11) is 0. The number of carbonyl (C=O) groups is 2. The Morgan fingerprint density at radius 3 is 2.62 bits per heavy atom. The van der Waals surface area contributed by atoms with Crippen molar-refractivity contribution in [1.82, 2.24) is 0 Å². The summed E-state index contributed by atoms with van der Waals surface area (Å²) in [5.74, 6) is -1.56. The number of halogens is 1. The Balaban J connectivity index is 3.03. The van der Waals surface area contributed by atoms with Crippen LogP contribution in [0.5, 0.6) is 0 Å². The van der Waals surface area contributed by atoms with E-state index in [1.54, 1.807) is 25.1 Å². The number of aromatic carboxylic acids is 1. The molecular formula is C11H11BrO4. The van der Waals surface area contributed by atoms with Gasteiger partial charge in [0.15, 0.2) is 0 Å². The molecule has 0 aromatic heterocycles. The van der Waals surface area contributed by atoms with Crippen LogP contribution in [0.25, 0.3) is 0 Å². The fraction of sp³-hybridized carbons (Fsp3) is 0.273. The van der Waals surface area contributed by atoms with Crippen molar-refractivity contribution in [2.24, 2.45) is 0 Å². The van der Waals surface area contributed by atoms with Gasteiger partial charge in [0.25, 0.3) is 0 Å². The zero-order valence-corrected chi connectivity index (χ0v) is 10.2. The fourth-order valence-electron chi connectivity index (χ4n) is 1.26. The second-order valence-corrected chi connectivity index (χ2v) is 3.92. The van der Waals surface area contributed by atoms with Gasteiger partial charge >= 0.3 is 11.9 Å². The molecule has 0 aliphatic rings. The van der Waals surface area contributed by atoms with Gasteiger partial charge in [-0.2, -0.15) is 0 Å². The molecule has 1 aromatic carbocycles. The Kier molecular flexibility index (Phi) is 4.49. The molecule has 0 spiro atoms. The molecule has 0 bridgehead atoms. The second-order valence-electron chi connectivity index (χ2n) is 3.01. The van der Waals surface area contributed by atoms with E-state index < -0.39 is 16.8 Å². The van der Waals surface area contributed by atoms with Gasteiger partial charge in [0.05, 0.1) is 12.2 Å². The highest BCUT2D eigenvalue weighted by Gasteiger charge is 2.23. The Labute approximate surface area is 101 Å². The van der Waals surface area contributed by atoms with Crippen LogP contribution in [-0.2, 0) is 9.53 Å². The molecule has 0 aliphatic heterocycles. The zero-order chi connectivity index (χ0) is 12.1. The summed E-state index contributed by atoms with van der Waals surface area (Å²) in [6, 6.07) is 6.32. The van der Waals surface area contributed by atoms with Crippen LogP contribution in [0.2, 0.25) is 0 Å². The van der Waals surface area contributed by atoms with E-state index >= 15 is 0 Å². The molecule has 5 heteroatoms. The Hall–Kier alpha value is -1.36. The molecule has 0 aliphatic carbocycles. The quantitative estimate of drug-likeness (QED) is 0.682. The number of carboxylic acid groups (broad SMARTS) is 1. The van der Waals surface area contributed by atoms with Gasteiger partial charge in [-0.25, -0.2) is 4.79 Å². The number of ether oxygens (including phenoxy) is 1. The average Bonchev–Trinajstić information content (AvgIpc) is 2.28. The highest BCUT2D eigenvalue weighted by Crippen LogP contribution is 2.27. The van der Waals surface area contributed by atoms with Crippen molar-refractivity contribution in [2.75, 3.05) is 6.61 Å². The van der Waals surface area contributed by atoms with Gasteiger partial charge in [-0.1, -0.05) is 34.1 Å². The van der Waals surface area contributed by atoms with E-state index in [-0.39, 0.29) is 12.2 Å². The smallest absolute Gasteiger partial charge is 0.336 e. The first-order chi connectivity index (χ1) is 7.57. The van der Waals surface area contributed by atoms with Gasteiger partial charge in [-0.05, 0) is 18.6 Å². The van der Waals surface area contributed by atoms with E-state index in [0.29, 0.717) is 5.56 Å². The first-order valence-corrected chi connectivity index (χ1v) is 5.62. The minimum atomic E-state index is -1.07. The van der Waals surface area contributed by atoms with Gasteiger partial charge in [0.1, 0.15) is 4.83 Å². The lowest BCUT2D eigenvalue weighted by molar-refractivity contribution is -0.142. The molecule has 1 N–H and O–H groups in total. The molecule has 0 radical (unpaired) electrons. The summed E-state index contributed by atoms with van der Waals surface area (Å²) in [6.45, 7) is 1.96. The maximum Gasteiger partial charge on any atom is 0.336 e. The molecule has 1 atom stereocenters. The van der Waals surface area contributed by atoms with Crippen molar-refractivity contribution in [2.45, 2.75) is 11.8 Å². The summed E-state index contributed by atoms with van der Waals surface area (Å²) in [5, 5.41) is 8.95.